The van der Waals surface area contributed by atoms with Crippen molar-refractivity contribution in [3.05, 3.63) is 33.8 Å². The van der Waals surface area contributed by atoms with Crippen molar-refractivity contribution < 1.29 is 0 Å². The van der Waals surface area contributed by atoms with Crippen molar-refractivity contribution in [3.63, 3.8) is 0 Å². The molecule has 0 saturated carbocycles. The fourth-order valence-corrected chi connectivity index (χ4v) is 3.28. The summed E-state index contributed by atoms with van der Waals surface area (Å²) in [5.74, 6) is 1.52. The molecule has 82 valence electrons. The van der Waals surface area contributed by atoms with Crippen LogP contribution in [0.5, 0.6) is 0 Å². The summed E-state index contributed by atoms with van der Waals surface area (Å²) in [6.07, 6.45) is 5.34. The molecule has 0 heterocycles. The Labute approximate surface area is 101 Å². The van der Waals surface area contributed by atoms with Gasteiger partial charge in [0, 0.05) is 4.47 Å². The molecule has 0 aliphatic heterocycles. The summed E-state index contributed by atoms with van der Waals surface area (Å²) in [6, 6.07) is 6.70. The van der Waals surface area contributed by atoms with Gasteiger partial charge >= 0.3 is 0 Å². The highest BCUT2D eigenvalue weighted by atomic mass is 79.9. The van der Waals surface area contributed by atoms with Gasteiger partial charge < -0.3 is 0 Å². The number of rotatable bonds is 1. The van der Waals surface area contributed by atoms with Gasteiger partial charge in [0.25, 0.3) is 0 Å². The number of benzene rings is 1. The van der Waals surface area contributed by atoms with Gasteiger partial charge in [0.15, 0.2) is 0 Å². The van der Waals surface area contributed by atoms with Crippen LogP contribution in [0.25, 0.3) is 0 Å². The Hall–Kier alpha value is -0.300. The first-order valence-corrected chi connectivity index (χ1v) is 6.76. The molecule has 0 saturated heterocycles. The van der Waals surface area contributed by atoms with E-state index >= 15 is 0 Å². The van der Waals surface area contributed by atoms with E-state index < -0.39 is 0 Å². The molecule has 1 atom stereocenters. The van der Waals surface area contributed by atoms with Gasteiger partial charge in [-0.15, -0.1) is 0 Å². The molecule has 0 fully saturated rings. The molecule has 1 aliphatic rings. The molecule has 0 spiro atoms. The van der Waals surface area contributed by atoms with Crippen molar-refractivity contribution in [1.82, 2.24) is 0 Å². The number of hydrogen-bond acceptors (Lipinski definition) is 0. The highest BCUT2D eigenvalue weighted by molar-refractivity contribution is 9.10. The van der Waals surface area contributed by atoms with Crippen LogP contribution < -0.4 is 0 Å². The third kappa shape index (κ3) is 2.28. The smallest absolute Gasteiger partial charge is 0.0210 e. The lowest BCUT2D eigenvalue weighted by Crippen LogP contribution is -2.07. The van der Waals surface area contributed by atoms with E-state index in [2.05, 4.69) is 48.0 Å². The van der Waals surface area contributed by atoms with E-state index in [1.54, 1.807) is 11.1 Å². The van der Waals surface area contributed by atoms with Crippen molar-refractivity contribution in [2.24, 2.45) is 5.92 Å². The topological polar surface area (TPSA) is 0 Å². The van der Waals surface area contributed by atoms with E-state index in [-0.39, 0.29) is 0 Å². The SMILES string of the molecule is CC(C)C1CCCCc2c(Br)cccc21. The lowest BCUT2D eigenvalue weighted by molar-refractivity contribution is 0.460. The molecule has 0 N–H and O–H groups in total. The van der Waals surface area contributed by atoms with Crippen LogP contribution in [0.3, 0.4) is 0 Å². The van der Waals surface area contributed by atoms with Crippen LogP contribution in [0.1, 0.15) is 50.2 Å². The molecule has 1 aliphatic carbocycles. The second kappa shape index (κ2) is 4.69. The first-order valence-electron chi connectivity index (χ1n) is 5.97. The fourth-order valence-electron chi connectivity index (χ4n) is 2.70. The highest BCUT2D eigenvalue weighted by Crippen LogP contribution is 2.38. The summed E-state index contributed by atoms with van der Waals surface area (Å²) in [5, 5.41) is 0. The van der Waals surface area contributed by atoms with Gasteiger partial charge in [-0.3, -0.25) is 0 Å². The predicted molar refractivity (Wildman–Crippen MR) is 69.3 cm³/mol. The zero-order valence-electron chi connectivity index (χ0n) is 9.59. The molecule has 1 unspecified atom stereocenters. The summed E-state index contributed by atoms with van der Waals surface area (Å²) in [7, 11) is 0. The number of halogens is 1. The lowest BCUT2D eigenvalue weighted by atomic mass is 9.84. The monoisotopic (exact) mass is 266 g/mol. The zero-order valence-corrected chi connectivity index (χ0v) is 11.2. The van der Waals surface area contributed by atoms with Crippen LogP contribution >= 0.6 is 15.9 Å². The molecule has 15 heavy (non-hydrogen) atoms. The van der Waals surface area contributed by atoms with Crippen molar-refractivity contribution in [1.29, 1.82) is 0 Å². The van der Waals surface area contributed by atoms with Crippen LogP contribution in [0.2, 0.25) is 0 Å². The van der Waals surface area contributed by atoms with Crippen LogP contribution in [-0.4, -0.2) is 0 Å². The molecule has 0 aromatic heterocycles. The van der Waals surface area contributed by atoms with Gasteiger partial charge in [-0.2, -0.15) is 0 Å². The molecule has 1 heteroatoms. The molecular weight excluding hydrogens is 248 g/mol. The normalized spacial score (nSPS) is 21.2. The summed E-state index contributed by atoms with van der Waals surface area (Å²) in [5.41, 5.74) is 3.16. The van der Waals surface area contributed by atoms with Crippen molar-refractivity contribution in [3.8, 4) is 0 Å². The van der Waals surface area contributed by atoms with Crippen LogP contribution in [0.15, 0.2) is 22.7 Å². The molecule has 1 aromatic carbocycles. The molecule has 2 rings (SSSR count). The highest BCUT2D eigenvalue weighted by Gasteiger charge is 2.22. The minimum atomic E-state index is 0.760. The van der Waals surface area contributed by atoms with E-state index in [1.807, 2.05) is 0 Å². The number of fused-ring (bicyclic) bond motifs is 1. The van der Waals surface area contributed by atoms with Crippen LogP contribution in [0, 0.1) is 5.92 Å². The average Bonchev–Trinajstić information content (AvgIpc) is 2.40. The standard InChI is InChI=1S/C14H19Br/c1-10(2)11-6-3-4-7-13-12(11)8-5-9-14(13)15/h5,8-11H,3-4,6-7H2,1-2H3. The molecule has 1 aromatic rings. The van der Waals surface area contributed by atoms with E-state index in [0.29, 0.717) is 0 Å². The molecular formula is C14H19Br. The summed E-state index contributed by atoms with van der Waals surface area (Å²) in [4.78, 5) is 0. The molecule has 0 nitrogen and oxygen atoms in total. The van der Waals surface area contributed by atoms with Crippen molar-refractivity contribution >= 4 is 15.9 Å². The molecule has 0 radical (unpaired) electrons. The van der Waals surface area contributed by atoms with E-state index in [9.17, 15) is 0 Å². The summed E-state index contributed by atoms with van der Waals surface area (Å²) < 4.78 is 1.31. The fraction of sp³-hybridized carbons (Fsp3) is 0.571. The van der Waals surface area contributed by atoms with Gasteiger partial charge in [0.1, 0.15) is 0 Å². The van der Waals surface area contributed by atoms with E-state index in [0.717, 1.165) is 11.8 Å². The third-order valence-corrected chi connectivity index (χ3v) is 4.29. The minimum Gasteiger partial charge on any atom is -0.0622 e. The maximum absolute atomic E-state index is 3.69. The van der Waals surface area contributed by atoms with Crippen molar-refractivity contribution in [2.45, 2.75) is 45.4 Å². The second-order valence-electron chi connectivity index (χ2n) is 4.90. The van der Waals surface area contributed by atoms with Crippen LogP contribution in [-0.2, 0) is 6.42 Å². The minimum absolute atomic E-state index is 0.760. The van der Waals surface area contributed by atoms with Gasteiger partial charge in [-0.05, 0) is 48.3 Å². The van der Waals surface area contributed by atoms with Crippen molar-refractivity contribution in [2.75, 3.05) is 0 Å². The first-order chi connectivity index (χ1) is 7.20. The number of hydrogen-bond donors (Lipinski definition) is 0. The average molecular weight is 267 g/mol. The van der Waals surface area contributed by atoms with Gasteiger partial charge in [0.2, 0.25) is 0 Å². The Bertz CT molecular complexity index is 341. The summed E-state index contributed by atoms with van der Waals surface area (Å²) in [6.45, 7) is 4.70. The Balaban J connectivity index is 2.45. The molecule has 0 amide bonds. The predicted octanol–water partition coefficient (Wildman–Crippen LogP) is 4.92. The van der Waals surface area contributed by atoms with Gasteiger partial charge in [-0.1, -0.05) is 48.3 Å². The quantitative estimate of drug-likeness (QED) is 0.634. The van der Waals surface area contributed by atoms with Crippen LogP contribution in [0.4, 0.5) is 0 Å². The Morgan fingerprint density at radius 1 is 1.27 bits per heavy atom. The largest absolute Gasteiger partial charge is 0.0622 e. The second-order valence-corrected chi connectivity index (χ2v) is 5.76. The van der Waals surface area contributed by atoms with Gasteiger partial charge in [0.05, 0.1) is 0 Å². The lowest BCUT2D eigenvalue weighted by Gasteiger charge is -2.22. The third-order valence-electron chi connectivity index (χ3n) is 3.55. The maximum Gasteiger partial charge on any atom is 0.0210 e. The Morgan fingerprint density at radius 3 is 2.80 bits per heavy atom. The Morgan fingerprint density at radius 2 is 2.07 bits per heavy atom. The Kier molecular flexibility index (Phi) is 3.50. The van der Waals surface area contributed by atoms with E-state index in [1.165, 1.54) is 30.2 Å². The zero-order chi connectivity index (χ0) is 10.8. The summed E-state index contributed by atoms with van der Waals surface area (Å²) >= 11 is 3.69. The van der Waals surface area contributed by atoms with Gasteiger partial charge in [-0.25, -0.2) is 0 Å². The first kappa shape index (κ1) is 11.2. The maximum atomic E-state index is 3.69. The van der Waals surface area contributed by atoms with E-state index in [4.69, 9.17) is 0 Å². The molecule has 0 bridgehead atoms.